The van der Waals surface area contributed by atoms with Crippen LogP contribution in [0.1, 0.15) is 34.1 Å². The van der Waals surface area contributed by atoms with Crippen LogP contribution in [0.4, 0.5) is 4.79 Å². The summed E-state index contributed by atoms with van der Waals surface area (Å²) >= 11 is 5.50. The third-order valence-corrected chi connectivity index (χ3v) is 6.80. The van der Waals surface area contributed by atoms with Crippen molar-refractivity contribution in [1.82, 2.24) is 14.2 Å². The highest BCUT2D eigenvalue weighted by molar-refractivity contribution is 9.10. The van der Waals surface area contributed by atoms with Crippen molar-refractivity contribution in [1.29, 1.82) is 0 Å². The number of aromatic nitrogens is 1. The van der Waals surface area contributed by atoms with Gasteiger partial charge in [-0.1, -0.05) is 6.07 Å². The van der Waals surface area contributed by atoms with E-state index in [9.17, 15) is 4.79 Å². The quantitative estimate of drug-likeness (QED) is 0.576. The summed E-state index contributed by atoms with van der Waals surface area (Å²) in [7, 11) is 0. The number of carbonyl (C=O) groups is 1. The molecule has 1 saturated heterocycles. The van der Waals surface area contributed by atoms with Crippen LogP contribution in [0.2, 0.25) is 0 Å². The van der Waals surface area contributed by atoms with Crippen molar-refractivity contribution in [3.63, 3.8) is 0 Å². The van der Waals surface area contributed by atoms with Crippen LogP contribution in [0, 0.1) is 0 Å². The lowest BCUT2D eigenvalue weighted by molar-refractivity contribution is 0.0245. The molecule has 1 aromatic carbocycles. The maximum Gasteiger partial charge on any atom is 0.410 e. The van der Waals surface area contributed by atoms with Crippen LogP contribution in [0.3, 0.4) is 0 Å². The van der Waals surface area contributed by atoms with Gasteiger partial charge in [0.25, 0.3) is 0 Å². The molecule has 0 N–H and O–H groups in total. The van der Waals surface area contributed by atoms with Crippen molar-refractivity contribution < 1.29 is 9.53 Å². The molecule has 0 aliphatic carbocycles. The van der Waals surface area contributed by atoms with Gasteiger partial charge < -0.3 is 9.64 Å². The summed E-state index contributed by atoms with van der Waals surface area (Å²) in [6, 6.07) is 6.48. The largest absolute Gasteiger partial charge is 0.444 e. The molecule has 27 heavy (non-hydrogen) atoms. The van der Waals surface area contributed by atoms with Crippen molar-refractivity contribution in [2.75, 3.05) is 19.6 Å². The molecule has 5 nitrogen and oxygen atoms in total. The number of halogens is 1. The summed E-state index contributed by atoms with van der Waals surface area (Å²) < 4.78 is 9.00. The fourth-order valence-corrected chi connectivity index (χ4v) is 4.82. The van der Waals surface area contributed by atoms with Gasteiger partial charge in [-0.3, -0.25) is 4.98 Å². The van der Waals surface area contributed by atoms with E-state index in [1.807, 2.05) is 44.1 Å². The Balaban J connectivity index is 1.71. The fourth-order valence-electron chi connectivity index (χ4n) is 3.07. The van der Waals surface area contributed by atoms with E-state index < -0.39 is 5.60 Å². The van der Waals surface area contributed by atoms with Gasteiger partial charge in [-0.05, 0) is 74.1 Å². The third-order valence-electron chi connectivity index (χ3n) is 4.37. The standard InChI is InChI=1S/C20H26BrN3O2S/c1-14-13-23(19(25)26-20(2,3)4)10-5-11-24(14)27-17-7-6-15-12-22-9-8-16(15)18(17)21/h6-9,12,14H,5,10-11,13H2,1-4H3/t14-/m1/s1. The summed E-state index contributed by atoms with van der Waals surface area (Å²) in [5.74, 6) is 0. The molecule has 2 aromatic rings. The van der Waals surface area contributed by atoms with E-state index in [0.717, 1.165) is 34.8 Å². The molecule has 1 aliphatic rings. The van der Waals surface area contributed by atoms with Gasteiger partial charge in [-0.2, -0.15) is 0 Å². The Morgan fingerprint density at radius 2 is 2.07 bits per heavy atom. The smallest absolute Gasteiger partial charge is 0.410 e. The van der Waals surface area contributed by atoms with Crippen LogP contribution >= 0.6 is 27.9 Å². The highest BCUT2D eigenvalue weighted by Crippen LogP contribution is 2.37. The summed E-state index contributed by atoms with van der Waals surface area (Å²) in [4.78, 5) is 19.6. The Morgan fingerprint density at radius 3 is 2.81 bits per heavy atom. The number of pyridine rings is 1. The number of rotatable bonds is 2. The molecule has 7 heteroatoms. The normalized spacial score (nSPS) is 19.1. The molecule has 146 valence electrons. The van der Waals surface area contributed by atoms with E-state index in [2.05, 4.69) is 44.3 Å². The molecule has 1 atom stereocenters. The zero-order valence-corrected chi connectivity index (χ0v) is 18.6. The summed E-state index contributed by atoms with van der Waals surface area (Å²) in [6.45, 7) is 10.2. The van der Waals surface area contributed by atoms with E-state index in [1.165, 1.54) is 4.90 Å². The van der Waals surface area contributed by atoms with Crippen LogP contribution < -0.4 is 0 Å². The van der Waals surface area contributed by atoms with Crippen LogP contribution in [-0.4, -0.2) is 51.6 Å². The van der Waals surface area contributed by atoms with Crippen LogP contribution in [-0.2, 0) is 4.74 Å². The van der Waals surface area contributed by atoms with Gasteiger partial charge in [-0.25, -0.2) is 9.10 Å². The molecule has 2 heterocycles. The zero-order valence-electron chi connectivity index (χ0n) is 16.2. The van der Waals surface area contributed by atoms with E-state index >= 15 is 0 Å². The maximum atomic E-state index is 12.4. The highest BCUT2D eigenvalue weighted by atomic mass is 79.9. The van der Waals surface area contributed by atoms with E-state index in [4.69, 9.17) is 4.74 Å². The maximum absolute atomic E-state index is 12.4. The van der Waals surface area contributed by atoms with Gasteiger partial charge >= 0.3 is 6.09 Å². The van der Waals surface area contributed by atoms with E-state index in [-0.39, 0.29) is 12.1 Å². The summed E-state index contributed by atoms with van der Waals surface area (Å²) in [5, 5.41) is 2.28. The van der Waals surface area contributed by atoms with Crippen LogP contribution in [0.15, 0.2) is 40.0 Å². The van der Waals surface area contributed by atoms with Gasteiger partial charge in [0, 0.05) is 58.2 Å². The molecular formula is C20H26BrN3O2S. The molecule has 0 saturated carbocycles. The average molecular weight is 452 g/mol. The van der Waals surface area contributed by atoms with Crippen molar-refractivity contribution in [3.05, 3.63) is 35.1 Å². The van der Waals surface area contributed by atoms with E-state index in [1.54, 1.807) is 11.9 Å². The first-order chi connectivity index (χ1) is 12.7. The number of hydrogen-bond donors (Lipinski definition) is 0. The number of ether oxygens (including phenoxy) is 1. The van der Waals surface area contributed by atoms with Crippen molar-refractivity contribution in [3.8, 4) is 0 Å². The summed E-state index contributed by atoms with van der Waals surface area (Å²) in [5.41, 5.74) is -0.466. The average Bonchev–Trinajstić information content (AvgIpc) is 2.78. The number of nitrogens with zero attached hydrogens (tertiary/aromatic N) is 3. The molecule has 0 bridgehead atoms. The number of hydrogen-bond acceptors (Lipinski definition) is 5. The van der Waals surface area contributed by atoms with Crippen molar-refractivity contribution in [2.24, 2.45) is 0 Å². The minimum Gasteiger partial charge on any atom is -0.444 e. The number of fused-ring (bicyclic) bond motifs is 1. The second-order valence-corrected chi connectivity index (χ2v) is 9.72. The predicted molar refractivity (Wildman–Crippen MR) is 114 cm³/mol. The Bertz CT molecular complexity index is 824. The molecule has 0 unspecified atom stereocenters. The monoisotopic (exact) mass is 451 g/mol. The number of benzene rings is 1. The third kappa shape index (κ3) is 5.15. The molecule has 1 fully saturated rings. The molecule has 1 aliphatic heterocycles. The molecule has 3 rings (SSSR count). The Labute approximate surface area is 173 Å². The van der Waals surface area contributed by atoms with Gasteiger partial charge in [-0.15, -0.1) is 0 Å². The van der Waals surface area contributed by atoms with Crippen molar-refractivity contribution >= 4 is 44.7 Å². The lowest BCUT2D eigenvalue weighted by Gasteiger charge is -2.29. The van der Waals surface area contributed by atoms with Gasteiger partial charge in [0.05, 0.1) is 0 Å². The van der Waals surface area contributed by atoms with Gasteiger partial charge in [0.15, 0.2) is 0 Å². The summed E-state index contributed by atoms with van der Waals surface area (Å²) in [6.07, 6.45) is 4.39. The topological polar surface area (TPSA) is 45.7 Å². The number of carbonyl (C=O) groups excluding carboxylic acids is 1. The minimum absolute atomic E-state index is 0.222. The highest BCUT2D eigenvalue weighted by Gasteiger charge is 2.28. The minimum atomic E-state index is -0.466. The van der Waals surface area contributed by atoms with Gasteiger partial charge in [0.1, 0.15) is 5.60 Å². The molecule has 1 aromatic heterocycles. The van der Waals surface area contributed by atoms with Crippen LogP contribution in [0.25, 0.3) is 10.8 Å². The molecule has 0 spiro atoms. The fraction of sp³-hybridized carbons (Fsp3) is 0.500. The second kappa shape index (κ2) is 8.37. The SMILES string of the molecule is C[C@@H]1CN(C(=O)OC(C)(C)C)CCCN1Sc1ccc2cnccc2c1Br. The lowest BCUT2D eigenvalue weighted by atomic mass is 10.2. The first-order valence-corrected chi connectivity index (χ1v) is 10.8. The predicted octanol–water partition coefficient (Wildman–Crippen LogP) is 5.34. The zero-order chi connectivity index (χ0) is 19.6. The van der Waals surface area contributed by atoms with Crippen LogP contribution in [0.5, 0.6) is 0 Å². The molecule has 1 amide bonds. The Kier molecular flexibility index (Phi) is 6.33. The first-order valence-electron chi connectivity index (χ1n) is 9.19. The van der Waals surface area contributed by atoms with Gasteiger partial charge in [0.2, 0.25) is 0 Å². The van der Waals surface area contributed by atoms with E-state index in [0.29, 0.717) is 6.54 Å². The number of amides is 1. The molecular weight excluding hydrogens is 426 g/mol. The Hall–Kier alpha value is -1.31. The Morgan fingerprint density at radius 1 is 1.30 bits per heavy atom. The second-order valence-electron chi connectivity index (χ2n) is 7.84. The lowest BCUT2D eigenvalue weighted by Crippen LogP contribution is -2.41. The first kappa shape index (κ1) is 20.4. The molecule has 0 radical (unpaired) electrons. The van der Waals surface area contributed by atoms with Crippen molar-refractivity contribution in [2.45, 2.75) is 50.7 Å².